The molecule has 0 bridgehead atoms. The molecular formula is C41H61N5O9. The number of ether oxygens (including phenoxy) is 2. The van der Waals surface area contributed by atoms with Crippen LogP contribution < -0.4 is 26.6 Å². The summed E-state index contributed by atoms with van der Waals surface area (Å²) in [4.78, 5) is 78.3. The van der Waals surface area contributed by atoms with Gasteiger partial charge in [0.25, 0.3) is 0 Å². The number of unbranched alkanes of at least 4 members (excludes halogenated alkanes) is 2. The maximum Gasteiger partial charge on any atom is 0.408 e. The molecule has 6 N–H and O–H groups in total. The Kier molecular flexibility index (Phi) is 18.6. The summed E-state index contributed by atoms with van der Waals surface area (Å²) in [5.41, 5.74) is 0.0639. The minimum Gasteiger partial charge on any atom is -0.480 e. The summed E-state index contributed by atoms with van der Waals surface area (Å²) in [5, 5.41) is 23.4. The number of alkyl carbamates (subject to hydrolysis) is 2. The van der Waals surface area contributed by atoms with Gasteiger partial charge in [-0.3, -0.25) is 14.4 Å². The molecule has 304 valence electrons. The number of aliphatic carboxylic acids is 1. The predicted octanol–water partition coefficient (Wildman–Crippen LogP) is 5.04. The van der Waals surface area contributed by atoms with E-state index in [0.29, 0.717) is 25.8 Å². The lowest BCUT2D eigenvalue weighted by atomic mass is 9.99. The molecule has 14 heteroatoms. The fourth-order valence-electron chi connectivity index (χ4n) is 5.50. The number of carbonyl (C=O) groups is 6. The standard InChI is InChI=1S/C41H61N5O9/c1-27(2)24-31(34(47)43-30(37(50)51)22-16-11-17-23-42-38(52)54-40(3,4)5)44-35(48)32(25-28-18-12-9-13-19-28)45-36(49)33(26-29-20-14-10-15-21-29)46-39(53)55-41(6,7)8/h9-10,12-15,18-21,27,30-33H,11,16-17,22-26H2,1-8H3,(H,42,52)(H,43,47)(H,44,48)(H,45,49)(H,46,53)(H,50,51)/t30-,31-,32-,33-/m1/s1. The highest BCUT2D eigenvalue weighted by atomic mass is 16.6. The summed E-state index contributed by atoms with van der Waals surface area (Å²) in [6.07, 6.45) is 0.819. The van der Waals surface area contributed by atoms with E-state index < -0.39 is 71.2 Å². The molecule has 14 nitrogen and oxygen atoms in total. The summed E-state index contributed by atoms with van der Waals surface area (Å²) in [6, 6.07) is 13.5. The Hall–Kier alpha value is -5.14. The molecule has 0 spiro atoms. The molecule has 2 aromatic carbocycles. The Morgan fingerprint density at radius 2 is 1.02 bits per heavy atom. The van der Waals surface area contributed by atoms with Crippen molar-refractivity contribution in [3.63, 3.8) is 0 Å². The van der Waals surface area contributed by atoms with Gasteiger partial charge in [-0.2, -0.15) is 0 Å². The average Bonchev–Trinajstić information content (AvgIpc) is 3.07. The van der Waals surface area contributed by atoms with Gasteiger partial charge in [-0.15, -0.1) is 0 Å². The molecule has 0 fully saturated rings. The normalized spacial score (nSPS) is 13.7. The average molecular weight is 768 g/mol. The second-order valence-electron chi connectivity index (χ2n) is 16.0. The van der Waals surface area contributed by atoms with Gasteiger partial charge in [-0.1, -0.05) is 87.4 Å². The Morgan fingerprint density at radius 3 is 1.49 bits per heavy atom. The number of nitrogens with one attached hydrogen (secondary N) is 5. The van der Waals surface area contributed by atoms with Gasteiger partial charge in [0.15, 0.2) is 0 Å². The van der Waals surface area contributed by atoms with E-state index in [0.717, 1.165) is 11.1 Å². The second-order valence-corrected chi connectivity index (χ2v) is 16.0. The summed E-state index contributed by atoms with van der Waals surface area (Å²) in [6.45, 7) is 14.5. The van der Waals surface area contributed by atoms with Gasteiger partial charge in [0.1, 0.15) is 35.4 Å². The molecule has 0 saturated heterocycles. The third kappa shape index (κ3) is 19.7. The number of amides is 5. The Labute approximate surface area is 325 Å². The fraction of sp³-hybridized carbons (Fsp3) is 0.561. The van der Waals surface area contributed by atoms with Crippen molar-refractivity contribution in [1.82, 2.24) is 26.6 Å². The number of hydrogen-bond acceptors (Lipinski definition) is 8. The van der Waals surface area contributed by atoms with Crippen LogP contribution in [0.1, 0.15) is 98.6 Å². The molecule has 2 aromatic rings. The molecule has 0 aliphatic carbocycles. The number of carbonyl (C=O) groups excluding carboxylic acids is 5. The van der Waals surface area contributed by atoms with Crippen LogP contribution in [0.2, 0.25) is 0 Å². The van der Waals surface area contributed by atoms with Gasteiger partial charge in [0, 0.05) is 19.4 Å². The number of rotatable bonds is 20. The Bertz CT molecular complexity index is 1540. The van der Waals surface area contributed by atoms with E-state index in [2.05, 4.69) is 26.6 Å². The first-order valence-electron chi connectivity index (χ1n) is 18.9. The predicted molar refractivity (Wildman–Crippen MR) is 209 cm³/mol. The molecule has 0 aliphatic rings. The van der Waals surface area contributed by atoms with Gasteiger partial charge in [-0.05, 0) is 77.8 Å². The summed E-state index contributed by atoms with van der Waals surface area (Å²) in [5.74, 6) is -3.24. The largest absolute Gasteiger partial charge is 0.480 e. The van der Waals surface area contributed by atoms with E-state index in [-0.39, 0.29) is 31.6 Å². The van der Waals surface area contributed by atoms with E-state index in [1.165, 1.54) is 0 Å². The Balaban J connectivity index is 2.20. The van der Waals surface area contributed by atoms with Crippen LogP contribution in [0.25, 0.3) is 0 Å². The van der Waals surface area contributed by atoms with Crippen molar-refractivity contribution in [2.24, 2.45) is 5.92 Å². The van der Waals surface area contributed by atoms with E-state index in [1.54, 1.807) is 65.8 Å². The summed E-state index contributed by atoms with van der Waals surface area (Å²) >= 11 is 0. The van der Waals surface area contributed by atoms with Crippen LogP contribution in [0.5, 0.6) is 0 Å². The van der Waals surface area contributed by atoms with Crippen molar-refractivity contribution in [3.05, 3.63) is 71.8 Å². The van der Waals surface area contributed by atoms with Crippen LogP contribution in [0.15, 0.2) is 60.7 Å². The van der Waals surface area contributed by atoms with Crippen LogP contribution in [0, 0.1) is 5.92 Å². The minimum atomic E-state index is -1.22. The van der Waals surface area contributed by atoms with Gasteiger partial charge in [-0.25, -0.2) is 14.4 Å². The van der Waals surface area contributed by atoms with Crippen molar-refractivity contribution >= 4 is 35.9 Å². The molecule has 0 aromatic heterocycles. The van der Waals surface area contributed by atoms with Crippen LogP contribution in [0.3, 0.4) is 0 Å². The molecule has 5 amide bonds. The highest BCUT2D eigenvalue weighted by Crippen LogP contribution is 2.13. The van der Waals surface area contributed by atoms with Crippen LogP contribution in [-0.4, -0.2) is 82.9 Å². The Morgan fingerprint density at radius 1 is 0.582 bits per heavy atom. The molecule has 55 heavy (non-hydrogen) atoms. The van der Waals surface area contributed by atoms with Crippen molar-refractivity contribution in [2.75, 3.05) is 6.54 Å². The van der Waals surface area contributed by atoms with E-state index in [1.807, 2.05) is 50.2 Å². The van der Waals surface area contributed by atoms with Crippen molar-refractivity contribution in [3.8, 4) is 0 Å². The molecule has 2 rings (SSSR count). The highest BCUT2D eigenvalue weighted by molar-refractivity contribution is 5.95. The second kappa shape index (κ2) is 22.3. The van der Waals surface area contributed by atoms with E-state index >= 15 is 0 Å². The smallest absolute Gasteiger partial charge is 0.408 e. The first-order chi connectivity index (χ1) is 25.7. The first kappa shape index (κ1) is 46.0. The van der Waals surface area contributed by atoms with Crippen LogP contribution in [-0.2, 0) is 41.5 Å². The zero-order valence-electron chi connectivity index (χ0n) is 33.5. The molecule has 0 saturated carbocycles. The van der Waals surface area contributed by atoms with Gasteiger partial charge < -0.3 is 41.2 Å². The maximum absolute atomic E-state index is 14.0. The molecule has 0 aliphatic heterocycles. The molecular weight excluding hydrogens is 706 g/mol. The van der Waals surface area contributed by atoms with Crippen LogP contribution >= 0.6 is 0 Å². The SMILES string of the molecule is CC(C)C[C@@H](NC(=O)[C@@H](Cc1ccccc1)NC(=O)[C@@H](Cc1ccccc1)NC(=O)OC(C)(C)C)C(=O)N[C@H](CCCCCNC(=O)OC(C)(C)C)C(=O)O. The highest BCUT2D eigenvalue weighted by Gasteiger charge is 2.32. The summed E-state index contributed by atoms with van der Waals surface area (Å²) < 4.78 is 10.6. The monoisotopic (exact) mass is 767 g/mol. The van der Waals surface area contributed by atoms with Crippen LogP contribution in [0.4, 0.5) is 9.59 Å². The van der Waals surface area contributed by atoms with Crippen molar-refractivity contribution in [2.45, 2.75) is 136 Å². The van der Waals surface area contributed by atoms with Gasteiger partial charge in [0.05, 0.1) is 0 Å². The molecule has 0 radical (unpaired) electrons. The number of benzene rings is 2. The third-order valence-electron chi connectivity index (χ3n) is 8.00. The fourth-order valence-corrected chi connectivity index (χ4v) is 5.50. The number of carboxylic acid groups (broad SMARTS) is 1. The lowest BCUT2D eigenvalue weighted by Gasteiger charge is -2.27. The quantitative estimate of drug-likeness (QED) is 0.1000. The van der Waals surface area contributed by atoms with Crippen molar-refractivity contribution < 1.29 is 43.3 Å². The maximum atomic E-state index is 14.0. The topological polar surface area (TPSA) is 201 Å². The van der Waals surface area contributed by atoms with E-state index in [9.17, 15) is 33.9 Å². The molecule has 0 heterocycles. The third-order valence-corrected chi connectivity index (χ3v) is 8.00. The lowest BCUT2D eigenvalue weighted by Crippen LogP contribution is -2.58. The zero-order valence-corrected chi connectivity index (χ0v) is 33.5. The molecule has 4 atom stereocenters. The van der Waals surface area contributed by atoms with Gasteiger partial charge in [0.2, 0.25) is 17.7 Å². The molecule has 0 unspecified atom stereocenters. The summed E-state index contributed by atoms with van der Waals surface area (Å²) in [7, 11) is 0. The van der Waals surface area contributed by atoms with Gasteiger partial charge >= 0.3 is 18.2 Å². The lowest BCUT2D eigenvalue weighted by molar-refractivity contribution is -0.142. The zero-order chi connectivity index (χ0) is 41.2. The minimum absolute atomic E-state index is 0.0627. The van der Waals surface area contributed by atoms with Crippen molar-refractivity contribution in [1.29, 1.82) is 0 Å². The number of hydrogen-bond donors (Lipinski definition) is 6. The first-order valence-corrected chi connectivity index (χ1v) is 18.9. The number of carboxylic acids is 1. The van der Waals surface area contributed by atoms with E-state index in [4.69, 9.17) is 9.47 Å².